The number of benzene rings is 2. The third kappa shape index (κ3) is 3.18. The Bertz CT molecular complexity index is 1620. The molecule has 0 N–H and O–H groups in total. The van der Waals surface area contributed by atoms with Crippen LogP contribution in [0.15, 0.2) is 57.7 Å². The van der Waals surface area contributed by atoms with Gasteiger partial charge in [-0.25, -0.2) is 0 Å². The molecule has 0 aliphatic heterocycles. The molecule has 0 bridgehead atoms. The maximum atomic E-state index is 2.62. The van der Waals surface area contributed by atoms with E-state index >= 15 is 0 Å². The van der Waals surface area contributed by atoms with E-state index in [4.69, 9.17) is 0 Å². The summed E-state index contributed by atoms with van der Waals surface area (Å²) >= 11 is 0. The van der Waals surface area contributed by atoms with E-state index in [-0.39, 0.29) is 27.1 Å². The van der Waals surface area contributed by atoms with Crippen molar-refractivity contribution in [2.45, 2.75) is 126 Å². The zero-order valence-electron chi connectivity index (χ0n) is 28.2. The molecular formula is C41H50. The van der Waals surface area contributed by atoms with E-state index in [1.807, 2.05) is 0 Å². The second-order valence-corrected chi connectivity index (χ2v) is 17.5. The van der Waals surface area contributed by atoms with Crippen molar-refractivity contribution in [1.29, 1.82) is 0 Å². The lowest BCUT2D eigenvalue weighted by Gasteiger charge is -2.30. The molecule has 0 spiro atoms. The molecular weight excluding hydrogens is 492 g/mol. The van der Waals surface area contributed by atoms with Crippen molar-refractivity contribution >= 4 is 11.1 Å². The van der Waals surface area contributed by atoms with Crippen molar-refractivity contribution < 1.29 is 0 Å². The fourth-order valence-corrected chi connectivity index (χ4v) is 9.98. The molecule has 0 heterocycles. The van der Waals surface area contributed by atoms with Gasteiger partial charge in [-0.05, 0) is 140 Å². The van der Waals surface area contributed by atoms with Crippen molar-refractivity contribution in [3.05, 3.63) is 91.1 Å². The number of allylic oxidation sites excluding steroid dienone is 8. The molecule has 0 fully saturated rings. The Kier molecular flexibility index (Phi) is 4.97. The highest BCUT2D eigenvalue weighted by Crippen LogP contribution is 2.63. The van der Waals surface area contributed by atoms with Gasteiger partial charge in [-0.3, -0.25) is 0 Å². The van der Waals surface area contributed by atoms with Gasteiger partial charge in [-0.15, -0.1) is 0 Å². The summed E-state index contributed by atoms with van der Waals surface area (Å²) in [6.45, 7) is 33.9. The highest BCUT2D eigenvalue weighted by molar-refractivity contribution is 5.95. The summed E-state index contributed by atoms with van der Waals surface area (Å²) in [5.74, 6) is 0. The number of rotatable bonds is 0. The molecule has 7 rings (SSSR count). The van der Waals surface area contributed by atoms with Crippen LogP contribution in [0.5, 0.6) is 0 Å². The second kappa shape index (κ2) is 7.48. The number of hydrogen-bond acceptors (Lipinski definition) is 0. The predicted molar refractivity (Wildman–Crippen MR) is 177 cm³/mol. The summed E-state index contributed by atoms with van der Waals surface area (Å²) in [6, 6.07) is 10.5. The van der Waals surface area contributed by atoms with E-state index in [0.29, 0.717) is 0 Å². The maximum Gasteiger partial charge on any atom is 0.0159 e. The van der Waals surface area contributed by atoms with E-state index < -0.39 is 0 Å². The molecule has 0 amide bonds. The first-order valence-corrected chi connectivity index (χ1v) is 16.0. The second-order valence-electron chi connectivity index (χ2n) is 17.5. The maximum absolute atomic E-state index is 2.62. The lowest BCUT2D eigenvalue weighted by molar-refractivity contribution is 0.491. The van der Waals surface area contributed by atoms with Crippen LogP contribution < -0.4 is 0 Å². The third-order valence-corrected chi connectivity index (χ3v) is 12.0. The minimum Gasteiger partial charge on any atom is -0.0572 e. The number of fused-ring (bicyclic) bond motifs is 7. The van der Waals surface area contributed by atoms with Crippen molar-refractivity contribution in [1.82, 2.24) is 0 Å². The summed E-state index contributed by atoms with van der Waals surface area (Å²) in [5, 5.41) is 0. The van der Waals surface area contributed by atoms with E-state index in [1.54, 1.807) is 44.6 Å². The molecule has 0 unspecified atom stereocenters. The van der Waals surface area contributed by atoms with Crippen molar-refractivity contribution in [3.8, 4) is 11.1 Å². The topological polar surface area (TPSA) is 0 Å². The summed E-state index contributed by atoms with van der Waals surface area (Å²) < 4.78 is 0. The van der Waals surface area contributed by atoms with Crippen molar-refractivity contribution in [2.75, 3.05) is 0 Å². The van der Waals surface area contributed by atoms with Crippen LogP contribution in [0.1, 0.15) is 143 Å². The van der Waals surface area contributed by atoms with Crippen LogP contribution in [0, 0.1) is 10.8 Å². The Morgan fingerprint density at radius 3 is 1.07 bits per heavy atom. The fourth-order valence-electron chi connectivity index (χ4n) is 9.98. The average Bonchev–Trinajstić information content (AvgIpc) is 3.55. The molecule has 2 aromatic carbocycles. The fraction of sp³-hybridized carbons (Fsp3) is 0.512. The molecule has 214 valence electrons. The van der Waals surface area contributed by atoms with Gasteiger partial charge in [0.25, 0.3) is 0 Å². The SMILES string of the molecule is CC1=C(C(C)(C)C)CC2=C1C(C)(C)c1cc3c(cc12)C(C)(C)c1cc2c(cc1-3)C(C)(C)C1=C2CC(C(C)(C)C)=C1C. The first-order valence-electron chi connectivity index (χ1n) is 16.0. The minimum atomic E-state index is -0.0164. The van der Waals surface area contributed by atoms with Crippen LogP contribution in [0.25, 0.3) is 22.3 Å². The van der Waals surface area contributed by atoms with Gasteiger partial charge >= 0.3 is 0 Å². The zero-order chi connectivity index (χ0) is 30.0. The smallest absolute Gasteiger partial charge is 0.0159 e. The van der Waals surface area contributed by atoms with E-state index in [1.165, 1.54) is 44.5 Å². The minimum absolute atomic E-state index is 0.0164. The molecule has 0 saturated heterocycles. The Labute approximate surface area is 249 Å². The van der Waals surface area contributed by atoms with Crippen LogP contribution in [0.4, 0.5) is 0 Å². The van der Waals surface area contributed by atoms with Gasteiger partial charge in [-0.2, -0.15) is 0 Å². The van der Waals surface area contributed by atoms with Gasteiger partial charge in [0.15, 0.2) is 0 Å². The molecule has 0 atom stereocenters. The first-order chi connectivity index (χ1) is 18.7. The summed E-state index contributed by atoms with van der Waals surface area (Å²) in [6.07, 6.45) is 2.21. The quantitative estimate of drug-likeness (QED) is 0.310. The van der Waals surface area contributed by atoms with Gasteiger partial charge in [0.1, 0.15) is 0 Å². The molecule has 5 aliphatic carbocycles. The molecule has 0 aromatic heterocycles. The Morgan fingerprint density at radius 1 is 0.463 bits per heavy atom. The van der Waals surface area contributed by atoms with Crippen LogP contribution in [-0.4, -0.2) is 0 Å². The highest BCUT2D eigenvalue weighted by Gasteiger charge is 2.49. The van der Waals surface area contributed by atoms with Crippen LogP contribution in [-0.2, 0) is 16.2 Å². The normalized spacial score (nSPS) is 22.9. The predicted octanol–water partition coefficient (Wildman–Crippen LogP) is 11.6. The summed E-state index contributed by atoms with van der Waals surface area (Å²) in [7, 11) is 0. The molecule has 0 heteroatoms. The molecule has 0 saturated carbocycles. The Balaban J connectivity index is 1.39. The Morgan fingerprint density at radius 2 is 0.756 bits per heavy atom. The van der Waals surface area contributed by atoms with Crippen LogP contribution >= 0.6 is 0 Å². The average molecular weight is 543 g/mol. The largest absolute Gasteiger partial charge is 0.0572 e. The van der Waals surface area contributed by atoms with Crippen molar-refractivity contribution in [2.24, 2.45) is 10.8 Å². The molecule has 2 aromatic rings. The van der Waals surface area contributed by atoms with Gasteiger partial charge in [0.2, 0.25) is 0 Å². The van der Waals surface area contributed by atoms with Crippen LogP contribution in [0.2, 0.25) is 0 Å². The molecule has 5 aliphatic rings. The standard InChI is InChI=1S/C41H50/c1-21-29(37(3,4)5)19-27-25-17-31-23(15-33(25)40(11,12)35(21)27)24-16-34-26(18-32(24)39(31,9)10)28-20-30(38(6,7)8)22(2)36(28)41(34,13)14/h15-18H,19-20H2,1-14H3. The monoisotopic (exact) mass is 542 g/mol. The van der Waals surface area contributed by atoms with Gasteiger partial charge in [0, 0.05) is 16.2 Å². The zero-order valence-corrected chi connectivity index (χ0v) is 28.2. The summed E-state index contributed by atoms with van der Waals surface area (Å²) in [4.78, 5) is 0. The summed E-state index contributed by atoms with van der Waals surface area (Å²) in [5.41, 5.74) is 25.3. The van der Waals surface area contributed by atoms with E-state index in [0.717, 1.165) is 12.8 Å². The lowest BCUT2D eigenvalue weighted by Crippen LogP contribution is -2.20. The lowest BCUT2D eigenvalue weighted by atomic mass is 9.74. The van der Waals surface area contributed by atoms with Crippen LogP contribution in [0.3, 0.4) is 0 Å². The van der Waals surface area contributed by atoms with Gasteiger partial charge in [-0.1, -0.05) is 94.2 Å². The van der Waals surface area contributed by atoms with E-state index in [9.17, 15) is 0 Å². The van der Waals surface area contributed by atoms with Gasteiger partial charge < -0.3 is 0 Å². The third-order valence-electron chi connectivity index (χ3n) is 12.0. The first kappa shape index (κ1) is 27.2. The molecule has 41 heavy (non-hydrogen) atoms. The highest BCUT2D eigenvalue weighted by atomic mass is 14.5. The number of hydrogen-bond donors (Lipinski definition) is 0. The molecule has 0 nitrogen and oxygen atoms in total. The molecule has 0 radical (unpaired) electrons. The Hall–Kier alpha value is -2.60. The van der Waals surface area contributed by atoms with Crippen molar-refractivity contribution in [3.63, 3.8) is 0 Å². The van der Waals surface area contributed by atoms with E-state index in [2.05, 4.69) is 121 Å². The van der Waals surface area contributed by atoms with Gasteiger partial charge in [0.05, 0.1) is 0 Å².